The topological polar surface area (TPSA) is 63.6 Å². The number of benzene rings is 3. The second kappa shape index (κ2) is 7.83. The fourth-order valence-corrected chi connectivity index (χ4v) is 2.91. The van der Waals surface area contributed by atoms with E-state index in [9.17, 15) is 9.59 Å². The van der Waals surface area contributed by atoms with E-state index in [0.29, 0.717) is 18.8 Å². The van der Waals surface area contributed by atoms with Crippen molar-refractivity contribution in [2.75, 3.05) is 0 Å². The molecule has 26 heavy (non-hydrogen) atoms. The first-order valence-electron chi connectivity index (χ1n) is 8.60. The Morgan fingerprint density at radius 3 is 2.27 bits per heavy atom. The minimum atomic E-state index is -0.948. The van der Waals surface area contributed by atoms with E-state index in [1.807, 2.05) is 43.3 Å². The Balaban J connectivity index is 1.85. The second-order valence-electron chi connectivity index (χ2n) is 6.12. The van der Waals surface area contributed by atoms with Gasteiger partial charge in [0.1, 0.15) is 12.4 Å². The van der Waals surface area contributed by atoms with Gasteiger partial charge in [-0.1, -0.05) is 43.3 Å². The summed E-state index contributed by atoms with van der Waals surface area (Å²) >= 11 is 0. The molecule has 4 heteroatoms. The Morgan fingerprint density at radius 1 is 0.923 bits per heavy atom. The van der Waals surface area contributed by atoms with Gasteiger partial charge in [-0.2, -0.15) is 0 Å². The van der Waals surface area contributed by atoms with Crippen LogP contribution in [0, 0.1) is 0 Å². The summed E-state index contributed by atoms with van der Waals surface area (Å²) in [6.45, 7) is 2.32. The highest BCUT2D eigenvalue weighted by atomic mass is 16.5. The number of carbonyl (C=O) groups is 2. The molecule has 0 bridgehead atoms. The van der Waals surface area contributed by atoms with Crippen LogP contribution in [0.2, 0.25) is 0 Å². The van der Waals surface area contributed by atoms with Gasteiger partial charge in [-0.3, -0.25) is 4.79 Å². The molecule has 0 spiro atoms. The van der Waals surface area contributed by atoms with E-state index in [0.717, 1.165) is 28.3 Å². The molecule has 0 aliphatic carbocycles. The van der Waals surface area contributed by atoms with Crippen molar-refractivity contribution in [1.29, 1.82) is 0 Å². The summed E-state index contributed by atoms with van der Waals surface area (Å²) in [6.07, 6.45) is 1.35. The highest BCUT2D eigenvalue weighted by Gasteiger charge is 2.12. The third kappa shape index (κ3) is 3.75. The molecular formula is C22H20O4. The van der Waals surface area contributed by atoms with Crippen LogP contribution in [0.25, 0.3) is 10.8 Å². The van der Waals surface area contributed by atoms with Crippen molar-refractivity contribution in [3.8, 4) is 5.75 Å². The molecule has 0 saturated heterocycles. The van der Waals surface area contributed by atoms with Crippen LogP contribution in [0.3, 0.4) is 0 Å². The van der Waals surface area contributed by atoms with Crippen LogP contribution in [-0.4, -0.2) is 16.9 Å². The summed E-state index contributed by atoms with van der Waals surface area (Å²) in [5, 5.41) is 10.7. The Kier molecular flexibility index (Phi) is 5.32. The average Bonchev–Trinajstić information content (AvgIpc) is 2.66. The van der Waals surface area contributed by atoms with E-state index in [1.54, 1.807) is 24.3 Å². The summed E-state index contributed by atoms with van der Waals surface area (Å²) in [4.78, 5) is 23.3. The molecule has 0 atom stereocenters. The first kappa shape index (κ1) is 17.7. The van der Waals surface area contributed by atoms with Gasteiger partial charge in [-0.05, 0) is 41.6 Å². The van der Waals surface area contributed by atoms with Crippen molar-refractivity contribution >= 4 is 22.5 Å². The van der Waals surface area contributed by atoms with E-state index in [-0.39, 0.29) is 11.3 Å². The third-order valence-corrected chi connectivity index (χ3v) is 4.26. The molecule has 0 fully saturated rings. The molecule has 132 valence electrons. The largest absolute Gasteiger partial charge is 0.488 e. The van der Waals surface area contributed by atoms with Crippen LogP contribution in [-0.2, 0) is 6.61 Å². The van der Waals surface area contributed by atoms with Gasteiger partial charge in [0, 0.05) is 17.4 Å². The minimum Gasteiger partial charge on any atom is -0.488 e. The van der Waals surface area contributed by atoms with Crippen molar-refractivity contribution in [2.45, 2.75) is 26.4 Å². The Labute approximate surface area is 152 Å². The SMILES string of the molecule is CCCC(=O)c1ccc(OCc2ccc(C(=O)O)cc2)c2ccccc12. The summed E-state index contributed by atoms with van der Waals surface area (Å²) < 4.78 is 5.94. The molecule has 0 aliphatic heterocycles. The molecule has 3 rings (SSSR count). The number of carboxylic acid groups (broad SMARTS) is 1. The average molecular weight is 348 g/mol. The van der Waals surface area contributed by atoms with Gasteiger partial charge in [0.2, 0.25) is 0 Å². The predicted octanol–water partition coefficient (Wildman–Crippen LogP) is 5.10. The monoisotopic (exact) mass is 348 g/mol. The van der Waals surface area contributed by atoms with E-state index in [2.05, 4.69) is 0 Å². The zero-order valence-corrected chi connectivity index (χ0v) is 14.6. The van der Waals surface area contributed by atoms with Crippen LogP contribution >= 0.6 is 0 Å². The molecule has 0 aromatic heterocycles. The maximum Gasteiger partial charge on any atom is 0.335 e. The number of hydrogen-bond donors (Lipinski definition) is 1. The van der Waals surface area contributed by atoms with Gasteiger partial charge in [0.15, 0.2) is 5.78 Å². The van der Waals surface area contributed by atoms with Crippen molar-refractivity contribution in [1.82, 2.24) is 0 Å². The smallest absolute Gasteiger partial charge is 0.335 e. The number of carbonyl (C=O) groups excluding carboxylic acids is 1. The predicted molar refractivity (Wildman–Crippen MR) is 101 cm³/mol. The van der Waals surface area contributed by atoms with Crippen LogP contribution < -0.4 is 4.74 Å². The zero-order valence-electron chi connectivity index (χ0n) is 14.6. The number of ether oxygens (including phenoxy) is 1. The quantitative estimate of drug-likeness (QED) is 0.603. The van der Waals surface area contributed by atoms with Crippen LogP contribution in [0.4, 0.5) is 0 Å². The number of aromatic carboxylic acids is 1. The number of rotatable bonds is 7. The highest BCUT2D eigenvalue weighted by molar-refractivity contribution is 6.09. The van der Waals surface area contributed by atoms with Crippen molar-refractivity contribution in [3.63, 3.8) is 0 Å². The van der Waals surface area contributed by atoms with E-state index in [1.165, 1.54) is 0 Å². The third-order valence-electron chi connectivity index (χ3n) is 4.26. The van der Waals surface area contributed by atoms with Gasteiger partial charge < -0.3 is 9.84 Å². The number of hydrogen-bond acceptors (Lipinski definition) is 3. The van der Waals surface area contributed by atoms with Crippen LogP contribution in [0.15, 0.2) is 60.7 Å². The fraction of sp³-hybridized carbons (Fsp3) is 0.182. The van der Waals surface area contributed by atoms with E-state index >= 15 is 0 Å². The lowest BCUT2D eigenvalue weighted by Gasteiger charge is -2.12. The van der Waals surface area contributed by atoms with Crippen molar-refractivity contribution < 1.29 is 19.4 Å². The molecular weight excluding hydrogens is 328 g/mol. The summed E-state index contributed by atoms with van der Waals surface area (Å²) in [5.74, 6) is -0.105. The van der Waals surface area contributed by atoms with Crippen molar-refractivity contribution in [3.05, 3.63) is 77.4 Å². The van der Waals surface area contributed by atoms with Crippen LogP contribution in [0.1, 0.15) is 46.0 Å². The van der Waals surface area contributed by atoms with Crippen LogP contribution in [0.5, 0.6) is 5.75 Å². The molecule has 0 saturated carbocycles. The summed E-state index contributed by atoms with van der Waals surface area (Å²) in [5.41, 5.74) is 1.85. The molecule has 3 aromatic carbocycles. The molecule has 4 nitrogen and oxygen atoms in total. The van der Waals surface area contributed by atoms with E-state index in [4.69, 9.17) is 9.84 Å². The number of ketones is 1. The lowest BCUT2D eigenvalue weighted by atomic mass is 9.98. The lowest BCUT2D eigenvalue weighted by molar-refractivity contribution is 0.0696. The Hall–Kier alpha value is -3.14. The molecule has 0 aliphatic rings. The first-order chi connectivity index (χ1) is 12.6. The molecule has 0 amide bonds. The highest BCUT2D eigenvalue weighted by Crippen LogP contribution is 2.30. The normalized spacial score (nSPS) is 10.7. The zero-order chi connectivity index (χ0) is 18.5. The maximum atomic E-state index is 12.3. The van der Waals surface area contributed by atoms with Gasteiger partial charge in [0.25, 0.3) is 0 Å². The summed E-state index contributed by atoms with van der Waals surface area (Å²) in [6, 6.07) is 18.0. The van der Waals surface area contributed by atoms with Gasteiger partial charge in [-0.15, -0.1) is 0 Å². The molecule has 0 heterocycles. The van der Waals surface area contributed by atoms with E-state index < -0.39 is 5.97 Å². The molecule has 0 unspecified atom stereocenters. The summed E-state index contributed by atoms with van der Waals surface area (Å²) in [7, 11) is 0. The van der Waals surface area contributed by atoms with Gasteiger partial charge in [-0.25, -0.2) is 4.79 Å². The number of carboxylic acids is 1. The minimum absolute atomic E-state index is 0.138. The number of Topliss-reactive ketones (excluding diaryl/α,β-unsaturated/α-hetero) is 1. The molecule has 1 N–H and O–H groups in total. The Morgan fingerprint density at radius 2 is 1.62 bits per heavy atom. The molecule has 3 aromatic rings. The fourth-order valence-electron chi connectivity index (χ4n) is 2.91. The van der Waals surface area contributed by atoms with Gasteiger partial charge in [0.05, 0.1) is 5.56 Å². The van der Waals surface area contributed by atoms with Crippen molar-refractivity contribution in [2.24, 2.45) is 0 Å². The number of fused-ring (bicyclic) bond motifs is 1. The maximum absolute atomic E-state index is 12.3. The second-order valence-corrected chi connectivity index (χ2v) is 6.12. The standard InChI is InChI=1S/C22H20O4/c1-2-5-20(23)18-12-13-21(19-7-4-3-6-17(18)19)26-14-15-8-10-16(11-9-15)22(24)25/h3-4,6-13H,2,5,14H2,1H3,(H,24,25). The lowest BCUT2D eigenvalue weighted by Crippen LogP contribution is -2.02. The van der Waals surface area contributed by atoms with Gasteiger partial charge >= 0.3 is 5.97 Å². The first-order valence-corrected chi connectivity index (χ1v) is 8.60. The molecule has 0 radical (unpaired) electrons. The Bertz CT molecular complexity index is 942.